The molecule has 1 unspecified atom stereocenters. The summed E-state index contributed by atoms with van der Waals surface area (Å²) in [5, 5.41) is 21.6. The molecule has 4 heterocycles. The SMILES string of the molecule is CC[C@@]1(O)C(=O)OCc2c1cc1n(c2=O)Cc2cc3cc(OC(F)(F)C(F)[N+](=O)[O-])ccc3nc2-1. The highest BCUT2D eigenvalue weighted by Crippen LogP contribution is 2.39. The van der Waals surface area contributed by atoms with Gasteiger partial charge in [-0.25, -0.2) is 9.78 Å². The van der Waals surface area contributed by atoms with E-state index in [9.17, 15) is 38.0 Å². The quantitative estimate of drug-likeness (QED) is 0.195. The van der Waals surface area contributed by atoms with Crippen LogP contribution in [0.1, 0.15) is 30.0 Å². The third-order valence-electron chi connectivity index (χ3n) is 6.20. The second kappa shape index (κ2) is 7.50. The Kier molecular flexibility index (Phi) is 4.88. The molecule has 0 bridgehead atoms. The highest BCUT2D eigenvalue weighted by molar-refractivity contribution is 5.87. The number of pyridine rings is 2. The Bertz CT molecular complexity index is 1490. The number of aliphatic hydroxyl groups is 1. The maximum Gasteiger partial charge on any atom is 0.502 e. The van der Waals surface area contributed by atoms with Gasteiger partial charge in [0.2, 0.25) is 0 Å². The van der Waals surface area contributed by atoms with E-state index in [4.69, 9.17) is 4.74 Å². The molecule has 1 N–H and O–H groups in total. The lowest BCUT2D eigenvalue weighted by molar-refractivity contribution is -0.598. The molecule has 0 radical (unpaired) electrons. The van der Waals surface area contributed by atoms with Crippen LogP contribution in [0.15, 0.2) is 35.1 Å². The van der Waals surface area contributed by atoms with E-state index in [1.54, 1.807) is 13.0 Å². The number of nitro groups is 1. The molecule has 13 heteroatoms. The second-order valence-electron chi connectivity index (χ2n) is 8.24. The molecule has 0 aliphatic carbocycles. The molecule has 2 aromatic heterocycles. The van der Waals surface area contributed by atoms with Crippen molar-refractivity contribution in [3.05, 3.63) is 67.5 Å². The van der Waals surface area contributed by atoms with Crippen molar-refractivity contribution in [3.63, 3.8) is 0 Å². The van der Waals surface area contributed by atoms with Crippen molar-refractivity contribution in [2.45, 2.75) is 44.5 Å². The lowest BCUT2D eigenvalue weighted by Crippen LogP contribution is -2.44. The number of aromatic nitrogens is 2. The lowest BCUT2D eigenvalue weighted by Gasteiger charge is -2.31. The first-order valence-corrected chi connectivity index (χ1v) is 10.4. The maximum atomic E-state index is 13.7. The van der Waals surface area contributed by atoms with E-state index in [2.05, 4.69) is 9.72 Å². The Hall–Kier alpha value is -4.00. The van der Waals surface area contributed by atoms with Crippen LogP contribution in [0.3, 0.4) is 0 Å². The molecule has 0 saturated carbocycles. The average molecular weight is 491 g/mol. The van der Waals surface area contributed by atoms with Gasteiger partial charge in [0.05, 0.1) is 33.9 Å². The fraction of sp³-hybridized carbons (Fsp3) is 0.318. The molecular weight excluding hydrogens is 475 g/mol. The van der Waals surface area contributed by atoms with Crippen LogP contribution in [-0.4, -0.2) is 38.0 Å². The van der Waals surface area contributed by atoms with Gasteiger partial charge in [-0.2, -0.15) is 13.2 Å². The molecule has 35 heavy (non-hydrogen) atoms. The number of carbonyl (C=O) groups is 1. The van der Waals surface area contributed by atoms with Crippen molar-refractivity contribution < 1.29 is 37.5 Å². The molecule has 0 fully saturated rings. The van der Waals surface area contributed by atoms with Gasteiger partial charge < -0.3 is 19.1 Å². The van der Waals surface area contributed by atoms with E-state index in [1.165, 1.54) is 16.7 Å². The Morgan fingerprint density at radius 3 is 2.77 bits per heavy atom. The summed E-state index contributed by atoms with van der Waals surface area (Å²) in [6, 6.07) is 6.59. The van der Waals surface area contributed by atoms with Crippen molar-refractivity contribution in [2.24, 2.45) is 0 Å². The molecule has 1 aromatic carbocycles. The molecular formula is C22H16F3N3O7. The Labute approximate surface area is 193 Å². The first-order chi connectivity index (χ1) is 16.5. The van der Waals surface area contributed by atoms with E-state index in [0.29, 0.717) is 27.9 Å². The summed E-state index contributed by atoms with van der Waals surface area (Å²) in [6.07, 6.45) is -8.45. The van der Waals surface area contributed by atoms with Crippen molar-refractivity contribution in [1.29, 1.82) is 0 Å². The molecule has 10 nitrogen and oxygen atoms in total. The zero-order chi connectivity index (χ0) is 25.3. The van der Waals surface area contributed by atoms with E-state index in [0.717, 1.165) is 12.1 Å². The van der Waals surface area contributed by atoms with Gasteiger partial charge in [0, 0.05) is 16.5 Å². The normalized spacial score (nSPS) is 19.5. The predicted molar refractivity (Wildman–Crippen MR) is 112 cm³/mol. The third-order valence-corrected chi connectivity index (χ3v) is 6.20. The number of hydrogen-bond donors (Lipinski definition) is 1. The van der Waals surface area contributed by atoms with Gasteiger partial charge >= 0.3 is 18.4 Å². The number of cyclic esters (lactones) is 1. The van der Waals surface area contributed by atoms with E-state index in [-0.39, 0.29) is 30.7 Å². The fourth-order valence-corrected chi connectivity index (χ4v) is 4.36. The first kappa shape index (κ1) is 22.8. The second-order valence-corrected chi connectivity index (χ2v) is 8.24. The summed E-state index contributed by atoms with van der Waals surface area (Å²) in [5.41, 5.74) is -0.514. The Morgan fingerprint density at radius 2 is 2.09 bits per heavy atom. The van der Waals surface area contributed by atoms with Crippen LogP contribution in [0.25, 0.3) is 22.3 Å². The molecule has 0 amide bonds. The topological polar surface area (TPSA) is 134 Å². The van der Waals surface area contributed by atoms with Gasteiger partial charge in [0.15, 0.2) is 5.60 Å². The fourth-order valence-electron chi connectivity index (χ4n) is 4.36. The number of rotatable bonds is 5. The predicted octanol–water partition coefficient (Wildman–Crippen LogP) is 2.62. The van der Waals surface area contributed by atoms with Crippen molar-refractivity contribution >= 4 is 16.9 Å². The molecule has 2 atom stereocenters. The van der Waals surface area contributed by atoms with Gasteiger partial charge in [0.1, 0.15) is 12.4 Å². The third kappa shape index (κ3) is 3.33. The monoisotopic (exact) mass is 491 g/mol. The van der Waals surface area contributed by atoms with Crippen molar-refractivity contribution in [1.82, 2.24) is 9.55 Å². The van der Waals surface area contributed by atoms with Crippen LogP contribution in [0.5, 0.6) is 5.75 Å². The molecule has 5 rings (SSSR count). The molecule has 2 aliphatic heterocycles. The van der Waals surface area contributed by atoms with E-state index >= 15 is 0 Å². The van der Waals surface area contributed by atoms with E-state index in [1.807, 2.05) is 0 Å². The molecule has 2 aliphatic rings. The number of alkyl halides is 3. The van der Waals surface area contributed by atoms with Crippen molar-refractivity contribution in [3.8, 4) is 17.1 Å². The van der Waals surface area contributed by atoms with Crippen LogP contribution >= 0.6 is 0 Å². The maximum absolute atomic E-state index is 13.7. The van der Waals surface area contributed by atoms with Crippen LogP contribution in [0.4, 0.5) is 13.2 Å². The number of ether oxygens (including phenoxy) is 2. The Balaban J connectivity index is 1.58. The average Bonchev–Trinajstić information content (AvgIpc) is 3.17. The first-order valence-electron chi connectivity index (χ1n) is 10.4. The smallest absolute Gasteiger partial charge is 0.458 e. The van der Waals surface area contributed by atoms with Gasteiger partial charge in [-0.15, -0.1) is 0 Å². The van der Waals surface area contributed by atoms with E-state index < -0.39 is 40.2 Å². The minimum atomic E-state index is -4.69. The van der Waals surface area contributed by atoms with Crippen LogP contribution in [0.2, 0.25) is 0 Å². The van der Waals surface area contributed by atoms with Gasteiger partial charge in [0.25, 0.3) is 5.56 Å². The number of esters is 1. The number of hydrogen-bond acceptors (Lipinski definition) is 8. The zero-order valence-electron chi connectivity index (χ0n) is 18.0. The minimum Gasteiger partial charge on any atom is -0.458 e. The van der Waals surface area contributed by atoms with Crippen LogP contribution in [-0.2, 0) is 28.3 Å². The van der Waals surface area contributed by atoms with Crippen LogP contribution in [0, 0.1) is 10.1 Å². The van der Waals surface area contributed by atoms with Crippen molar-refractivity contribution in [2.75, 3.05) is 0 Å². The molecule has 0 saturated heterocycles. The molecule has 182 valence electrons. The molecule has 3 aromatic rings. The number of benzene rings is 1. The zero-order valence-corrected chi connectivity index (χ0v) is 18.0. The Morgan fingerprint density at radius 1 is 1.34 bits per heavy atom. The summed E-state index contributed by atoms with van der Waals surface area (Å²) in [6.45, 7) is 1.38. The number of nitrogens with zero attached hydrogens (tertiary/aromatic N) is 3. The largest absolute Gasteiger partial charge is 0.502 e. The number of carbonyl (C=O) groups excluding carboxylic acids is 1. The summed E-state index contributed by atoms with van der Waals surface area (Å²) in [5.74, 6) is -1.36. The summed E-state index contributed by atoms with van der Waals surface area (Å²) in [7, 11) is 0. The summed E-state index contributed by atoms with van der Waals surface area (Å²) in [4.78, 5) is 38.5. The van der Waals surface area contributed by atoms with Gasteiger partial charge in [-0.1, -0.05) is 6.92 Å². The number of halogens is 3. The van der Waals surface area contributed by atoms with Crippen LogP contribution < -0.4 is 10.3 Å². The van der Waals surface area contributed by atoms with Gasteiger partial charge in [-0.05, 0) is 36.8 Å². The highest BCUT2D eigenvalue weighted by atomic mass is 19.3. The summed E-state index contributed by atoms with van der Waals surface area (Å²) < 4.78 is 51.3. The standard InChI is InChI=1S/C22H16F3N3O7/c1-2-21(31)14-7-16-17-11(8-27(16)18(29)13(14)9-34-20(21)30)5-10-6-12(3-4-15(10)26-17)35-22(24,25)19(23)28(32)33/h3-7,19,31H,2,8-9H2,1H3/t19?,21-/m0/s1. The number of fused-ring (bicyclic) bond motifs is 5. The summed E-state index contributed by atoms with van der Waals surface area (Å²) >= 11 is 0. The molecule has 0 spiro atoms. The minimum absolute atomic E-state index is 0.0106. The lowest BCUT2D eigenvalue weighted by atomic mass is 9.86. The van der Waals surface area contributed by atoms with Gasteiger partial charge in [-0.3, -0.25) is 14.9 Å². The highest BCUT2D eigenvalue weighted by Gasteiger charge is 2.53.